The van der Waals surface area contributed by atoms with E-state index < -0.39 is 22.8 Å². The Hall–Kier alpha value is -2.48. The molecule has 2 rings (SSSR count). The molecule has 0 radical (unpaired) electrons. The van der Waals surface area contributed by atoms with E-state index in [1.807, 2.05) is 0 Å². The first-order valence-corrected chi connectivity index (χ1v) is 6.82. The van der Waals surface area contributed by atoms with Crippen molar-refractivity contribution in [1.82, 2.24) is 9.55 Å². The van der Waals surface area contributed by atoms with Crippen LogP contribution in [0, 0.1) is 5.82 Å². The predicted molar refractivity (Wildman–Crippen MR) is 80.7 cm³/mol. The monoisotopic (exact) mass is 308 g/mol. The Bertz CT molecular complexity index is 788. The van der Waals surface area contributed by atoms with E-state index in [1.54, 1.807) is 13.8 Å². The van der Waals surface area contributed by atoms with Gasteiger partial charge in [-0.05, 0) is 19.9 Å². The highest BCUT2D eigenvalue weighted by atomic mass is 19.1. The van der Waals surface area contributed by atoms with Crippen LogP contribution in [0.15, 0.2) is 17.1 Å². The van der Waals surface area contributed by atoms with Crippen LogP contribution in [0.5, 0.6) is 0 Å². The van der Waals surface area contributed by atoms with Gasteiger partial charge in [-0.2, -0.15) is 0 Å². The molecule has 0 saturated heterocycles. The SMILES string of the molecule is CCn1cc(C(=O)O)c(=O)c2cc(F)c(NC(C)CN)nc21. The maximum absolute atomic E-state index is 14.1. The van der Waals surface area contributed by atoms with Crippen LogP contribution in [0.1, 0.15) is 24.2 Å². The molecule has 22 heavy (non-hydrogen) atoms. The van der Waals surface area contributed by atoms with E-state index in [9.17, 15) is 14.0 Å². The molecule has 0 amide bonds. The van der Waals surface area contributed by atoms with Gasteiger partial charge in [0.2, 0.25) is 5.43 Å². The molecule has 0 aromatic carbocycles. The summed E-state index contributed by atoms with van der Waals surface area (Å²) in [5.74, 6) is -2.10. The van der Waals surface area contributed by atoms with Gasteiger partial charge in [-0.3, -0.25) is 4.79 Å². The molecule has 0 fully saturated rings. The minimum Gasteiger partial charge on any atom is -0.477 e. The lowest BCUT2D eigenvalue weighted by Crippen LogP contribution is -2.27. The number of carboxylic acids is 1. The van der Waals surface area contributed by atoms with Crippen molar-refractivity contribution in [1.29, 1.82) is 0 Å². The quantitative estimate of drug-likeness (QED) is 0.760. The van der Waals surface area contributed by atoms with E-state index in [2.05, 4.69) is 10.3 Å². The molecule has 0 aliphatic rings. The summed E-state index contributed by atoms with van der Waals surface area (Å²) in [4.78, 5) is 27.4. The molecule has 2 heterocycles. The number of carbonyl (C=O) groups is 1. The van der Waals surface area contributed by atoms with Crippen LogP contribution in [-0.4, -0.2) is 33.2 Å². The number of aromatic nitrogens is 2. The summed E-state index contributed by atoms with van der Waals surface area (Å²) in [7, 11) is 0. The first-order chi connectivity index (χ1) is 10.4. The molecular formula is C14H17FN4O3. The van der Waals surface area contributed by atoms with Gasteiger partial charge in [-0.15, -0.1) is 0 Å². The lowest BCUT2D eigenvalue weighted by molar-refractivity contribution is 0.0695. The largest absolute Gasteiger partial charge is 0.477 e. The summed E-state index contributed by atoms with van der Waals surface area (Å²) in [5, 5.41) is 11.8. The summed E-state index contributed by atoms with van der Waals surface area (Å²) >= 11 is 0. The predicted octanol–water partition coefficient (Wildman–Crippen LogP) is 1.01. The number of rotatable bonds is 5. The fraction of sp³-hybridized carbons (Fsp3) is 0.357. The van der Waals surface area contributed by atoms with Crippen molar-refractivity contribution in [2.45, 2.75) is 26.4 Å². The van der Waals surface area contributed by atoms with Crippen LogP contribution in [0.25, 0.3) is 11.0 Å². The van der Waals surface area contributed by atoms with E-state index >= 15 is 0 Å². The number of anilines is 1. The van der Waals surface area contributed by atoms with Crippen LogP contribution in [0.4, 0.5) is 10.2 Å². The van der Waals surface area contributed by atoms with Crippen molar-refractivity contribution in [2.24, 2.45) is 5.73 Å². The van der Waals surface area contributed by atoms with Crippen molar-refractivity contribution >= 4 is 22.8 Å². The van der Waals surface area contributed by atoms with E-state index in [0.717, 1.165) is 6.07 Å². The zero-order valence-corrected chi connectivity index (χ0v) is 12.3. The Kier molecular flexibility index (Phi) is 4.41. The minimum absolute atomic E-state index is 0.0184. The summed E-state index contributed by atoms with van der Waals surface area (Å²) in [6, 6.07) is 0.814. The normalized spacial score (nSPS) is 12.4. The Morgan fingerprint density at radius 2 is 2.27 bits per heavy atom. The third-order valence-corrected chi connectivity index (χ3v) is 3.31. The summed E-state index contributed by atoms with van der Waals surface area (Å²) < 4.78 is 15.6. The van der Waals surface area contributed by atoms with Crippen LogP contribution >= 0.6 is 0 Å². The average molecular weight is 308 g/mol. The first kappa shape index (κ1) is 15.9. The second-order valence-electron chi connectivity index (χ2n) is 4.93. The van der Waals surface area contributed by atoms with Crippen molar-refractivity contribution in [3.63, 3.8) is 0 Å². The van der Waals surface area contributed by atoms with Gasteiger partial charge >= 0.3 is 5.97 Å². The zero-order chi connectivity index (χ0) is 16.4. The van der Waals surface area contributed by atoms with E-state index in [1.165, 1.54) is 10.8 Å². The molecule has 0 aliphatic carbocycles. The number of halogens is 1. The summed E-state index contributed by atoms with van der Waals surface area (Å²) in [6.07, 6.45) is 1.22. The number of carboxylic acid groups (broad SMARTS) is 1. The number of pyridine rings is 2. The van der Waals surface area contributed by atoms with Crippen LogP contribution in [0.3, 0.4) is 0 Å². The second kappa shape index (κ2) is 6.10. The van der Waals surface area contributed by atoms with Gasteiger partial charge in [-0.1, -0.05) is 0 Å². The highest BCUT2D eigenvalue weighted by molar-refractivity contribution is 5.92. The molecule has 2 aromatic heterocycles. The van der Waals surface area contributed by atoms with Gasteiger partial charge < -0.3 is 20.7 Å². The van der Waals surface area contributed by atoms with Crippen molar-refractivity contribution < 1.29 is 14.3 Å². The van der Waals surface area contributed by atoms with Gasteiger partial charge in [0.25, 0.3) is 0 Å². The smallest absolute Gasteiger partial charge is 0.341 e. The minimum atomic E-state index is -1.35. The van der Waals surface area contributed by atoms with E-state index in [4.69, 9.17) is 10.8 Å². The molecule has 118 valence electrons. The Labute approximate surface area is 125 Å². The second-order valence-corrected chi connectivity index (χ2v) is 4.93. The maximum Gasteiger partial charge on any atom is 0.341 e. The standard InChI is InChI=1S/C14H17FN4O3/c1-3-19-6-9(14(21)22)11(20)8-4-10(15)12(18-13(8)19)17-7(2)5-16/h4,6-7H,3,5,16H2,1-2H3,(H,17,18)(H,21,22). The Balaban J connectivity index is 2.74. The Morgan fingerprint density at radius 3 is 2.82 bits per heavy atom. The van der Waals surface area contributed by atoms with Gasteiger partial charge in [0, 0.05) is 25.3 Å². The van der Waals surface area contributed by atoms with Gasteiger partial charge in [-0.25, -0.2) is 14.2 Å². The molecular weight excluding hydrogens is 291 g/mol. The lowest BCUT2D eigenvalue weighted by Gasteiger charge is -2.15. The third-order valence-electron chi connectivity index (χ3n) is 3.31. The van der Waals surface area contributed by atoms with Crippen molar-refractivity contribution in [3.05, 3.63) is 33.9 Å². The summed E-state index contributed by atoms with van der Waals surface area (Å²) in [6.45, 7) is 4.22. The number of aryl methyl sites for hydroxylation is 1. The van der Waals surface area contributed by atoms with Gasteiger partial charge in [0.05, 0.1) is 5.39 Å². The molecule has 1 unspecified atom stereocenters. The highest BCUT2D eigenvalue weighted by Gasteiger charge is 2.18. The molecule has 7 nitrogen and oxygen atoms in total. The maximum atomic E-state index is 14.1. The number of fused-ring (bicyclic) bond motifs is 1. The fourth-order valence-electron chi connectivity index (χ4n) is 2.07. The van der Waals surface area contributed by atoms with Gasteiger partial charge in [0.1, 0.15) is 11.2 Å². The average Bonchev–Trinajstić information content (AvgIpc) is 2.48. The molecule has 2 aromatic rings. The molecule has 0 aliphatic heterocycles. The molecule has 1 atom stereocenters. The van der Waals surface area contributed by atoms with Crippen molar-refractivity contribution in [2.75, 3.05) is 11.9 Å². The number of nitrogens with two attached hydrogens (primary N) is 1. The number of nitrogens with one attached hydrogen (secondary N) is 1. The van der Waals surface area contributed by atoms with E-state index in [0.29, 0.717) is 6.54 Å². The lowest BCUT2D eigenvalue weighted by atomic mass is 10.2. The van der Waals surface area contributed by atoms with Crippen LogP contribution < -0.4 is 16.5 Å². The number of hydrogen-bond donors (Lipinski definition) is 3. The number of nitrogens with zero attached hydrogens (tertiary/aromatic N) is 2. The molecule has 0 saturated carbocycles. The number of hydrogen-bond acceptors (Lipinski definition) is 5. The fourth-order valence-corrected chi connectivity index (χ4v) is 2.07. The number of aromatic carboxylic acids is 1. The molecule has 4 N–H and O–H groups in total. The van der Waals surface area contributed by atoms with Crippen molar-refractivity contribution in [3.8, 4) is 0 Å². The third kappa shape index (κ3) is 2.77. The topological polar surface area (TPSA) is 110 Å². The Morgan fingerprint density at radius 1 is 1.59 bits per heavy atom. The molecule has 8 heteroatoms. The van der Waals surface area contributed by atoms with Gasteiger partial charge in [0.15, 0.2) is 11.6 Å². The van der Waals surface area contributed by atoms with Crippen LogP contribution in [0.2, 0.25) is 0 Å². The van der Waals surface area contributed by atoms with Crippen LogP contribution in [-0.2, 0) is 6.54 Å². The summed E-state index contributed by atoms with van der Waals surface area (Å²) in [5.41, 5.74) is 4.55. The first-order valence-electron chi connectivity index (χ1n) is 6.82. The zero-order valence-electron chi connectivity index (χ0n) is 12.3. The highest BCUT2D eigenvalue weighted by Crippen LogP contribution is 2.18. The molecule has 0 spiro atoms. The van der Waals surface area contributed by atoms with E-state index in [-0.39, 0.29) is 29.4 Å². The molecule has 0 bridgehead atoms.